The monoisotopic (exact) mass is 246 g/mol. The summed E-state index contributed by atoms with van der Waals surface area (Å²) in [4.78, 5) is 2.48. The minimum absolute atomic E-state index is 0.516. The Labute approximate surface area is 111 Å². The fourth-order valence-electron chi connectivity index (χ4n) is 2.74. The van der Waals surface area contributed by atoms with E-state index >= 15 is 0 Å². The van der Waals surface area contributed by atoms with Gasteiger partial charge in [0, 0.05) is 6.04 Å². The van der Waals surface area contributed by atoms with Crippen molar-refractivity contribution in [2.45, 2.75) is 32.2 Å². The van der Waals surface area contributed by atoms with Crippen LogP contribution < -0.4 is 5.32 Å². The highest BCUT2D eigenvalue weighted by Gasteiger charge is 2.16. The lowest BCUT2D eigenvalue weighted by molar-refractivity contribution is 0.227. The van der Waals surface area contributed by atoms with Crippen molar-refractivity contribution in [2.24, 2.45) is 5.92 Å². The Morgan fingerprint density at radius 2 is 2.11 bits per heavy atom. The first kappa shape index (κ1) is 13.6. The Morgan fingerprint density at radius 1 is 1.33 bits per heavy atom. The maximum Gasteiger partial charge on any atom is 0.0316 e. The van der Waals surface area contributed by atoms with Crippen molar-refractivity contribution in [3.63, 3.8) is 0 Å². The molecule has 1 saturated heterocycles. The Hall–Kier alpha value is -0.860. The van der Waals surface area contributed by atoms with E-state index in [4.69, 9.17) is 0 Å². The third-order valence-electron chi connectivity index (χ3n) is 4.23. The smallest absolute Gasteiger partial charge is 0.0316 e. The fraction of sp³-hybridized carbons (Fsp3) is 0.625. The SMILES string of the molecule is CC(c1ccccc1)N(C)CCC1CCCNC1. The normalized spacial score (nSPS) is 22.1. The first-order valence-corrected chi connectivity index (χ1v) is 7.23. The van der Waals surface area contributed by atoms with Crippen molar-refractivity contribution >= 4 is 0 Å². The first-order chi connectivity index (χ1) is 8.77. The predicted octanol–water partition coefficient (Wildman–Crippen LogP) is 3.07. The number of nitrogens with zero attached hydrogens (tertiary/aromatic N) is 1. The number of piperidine rings is 1. The molecule has 1 aromatic carbocycles. The summed E-state index contributed by atoms with van der Waals surface area (Å²) in [6.45, 7) is 5.93. The lowest BCUT2D eigenvalue weighted by Gasteiger charge is -2.29. The molecule has 2 unspecified atom stereocenters. The molecule has 1 aromatic rings. The van der Waals surface area contributed by atoms with Crippen molar-refractivity contribution in [3.8, 4) is 0 Å². The Kier molecular flexibility index (Phi) is 5.21. The molecule has 1 N–H and O–H groups in total. The van der Waals surface area contributed by atoms with Crippen LogP contribution in [-0.2, 0) is 0 Å². The Morgan fingerprint density at radius 3 is 2.78 bits per heavy atom. The molecule has 2 nitrogen and oxygen atoms in total. The van der Waals surface area contributed by atoms with E-state index in [1.54, 1.807) is 0 Å². The third kappa shape index (κ3) is 3.82. The number of hydrogen-bond acceptors (Lipinski definition) is 2. The molecule has 100 valence electrons. The summed E-state index contributed by atoms with van der Waals surface area (Å²) in [5.41, 5.74) is 1.42. The van der Waals surface area contributed by atoms with E-state index < -0.39 is 0 Å². The van der Waals surface area contributed by atoms with Crippen LogP contribution in [0.25, 0.3) is 0 Å². The summed E-state index contributed by atoms with van der Waals surface area (Å²) in [6.07, 6.45) is 4.07. The maximum absolute atomic E-state index is 3.50. The molecule has 1 aliphatic rings. The second-order valence-electron chi connectivity index (χ2n) is 5.57. The molecule has 0 amide bonds. The average Bonchev–Trinajstić information content (AvgIpc) is 2.46. The molecular formula is C16H26N2. The summed E-state index contributed by atoms with van der Waals surface area (Å²) in [5.74, 6) is 0.879. The van der Waals surface area contributed by atoms with Crippen LogP contribution in [0.4, 0.5) is 0 Å². The van der Waals surface area contributed by atoms with Crippen LogP contribution in [0.5, 0.6) is 0 Å². The minimum Gasteiger partial charge on any atom is -0.316 e. The lowest BCUT2D eigenvalue weighted by Crippen LogP contribution is -2.32. The van der Waals surface area contributed by atoms with E-state index in [2.05, 4.69) is 54.5 Å². The van der Waals surface area contributed by atoms with Gasteiger partial charge in [-0.25, -0.2) is 0 Å². The predicted molar refractivity (Wildman–Crippen MR) is 77.7 cm³/mol. The van der Waals surface area contributed by atoms with Crippen molar-refractivity contribution in [3.05, 3.63) is 35.9 Å². The van der Waals surface area contributed by atoms with Crippen molar-refractivity contribution in [1.82, 2.24) is 10.2 Å². The maximum atomic E-state index is 3.50. The molecule has 0 radical (unpaired) electrons. The summed E-state index contributed by atoms with van der Waals surface area (Å²) in [7, 11) is 2.24. The summed E-state index contributed by atoms with van der Waals surface area (Å²) < 4.78 is 0. The van der Waals surface area contributed by atoms with E-state index in [0.29, 0.717) is 6.04 Å². The van der Waals surface area contributed by atoms with Crippen LogP contribution in [-0.4, -0.2) is 31.6 Å². The highest BCUT2D eigenvalue weighted by molar-refractivity contribution is 5.18. The summed E-state index contributed by atoms with van der Waals surface area (Å²) in [5, 5.41) is 3.50. The van der Waals surface area contributed by atoms with Gasteiger partial charge in [0.15, 0.2) is 0 Å². The van der Waals surface area contributed by atoms with E-state index in [9.17, 15) is 0 Å². The molecule has 1 fully saturated rings. The van der Waals surface area contributed by atoms with Crippen molar-refractivity contribution in [1.29, 1.82) is 0 Å². The van der Waals surface area contributed by atoms with E-state index in [0.717, 1.165) is 5.92 Å². The highest BCUT2D eigenvalue weighted by atomic mass is 15.1. The molecule has 0 aliphatic carbocycles. The van der Waals surface area contributed by atoms with Gasteiger partial charge in [0.1, 0.15) is 0 Å². The Balaban J connectivity index is 1.78. The molecule has 1 aliphatic heterocycles. The number of rotatable bonds is 5. The molecule has 0 bridgehead atoms. The van der Waals surface area contributed by atoms with Crippen molar-refractivity contribution in [2.75, 3.05) is 26.7 Å². The summed E-state index contributed by atoms with van der Waals surface area (Å²) >= 11 is 0. The van der Waals surface area contributed by atoms with Gasteiger partial charge in [-0.15, -0.1) is 0 Å². The van der Waals surface area contributed by atoms with Gasteiger partial charge in [-0.3, -0.25) is 4.90 Å². The van der Waals surface area contributed by atoms with Gasteiger partial charge in [-0.05, 0) is 64.3 Å². The first-order valence-electron chi connectivity index (χ1n) is 7.23. The molecule has 18 heavy (non-hydrogen) atoms. The number of benzene rings is 1. The topological polar surface area (TPSA) is 15.3 Å². The van der Waals surface area contributed by atoms with E-state index in [1.165, 1.54) is 44.5 Å². The van der Waals surface area contributed by atoms with Crippen LogP contribution >= 0.6 is 0 Å². The third-order valence-corrected chi connectivity index (χ3v) is 4.23. The second-order valence-corrected chi connectivity index (χ2v) is 5.57. The van der Waals surface area contributed by atoms with Gasteiger partial charge < -0.3 is 5.32 Å². The van der Waals surface area contributed by atoms with E-state index in [-0.39, 0.29) is 0 Å². The quantitative estimate of drug-likeness (QED) is 0.859. The average molecular weight is 246 g/mol. The van der Waals surface area contributed by atoms with Crippen LogP contribution in [0.15, 0.2) is 30.3 Å². The largest absolute Gasteiger partial charge is 0.316 e. The zero-order valence-electron chi connectivity index (χ0n) is 11.7. The molecule has 2 heteroatoms. The number of nitrogens with one attached hydrogen (secondary N) is 1. The Bertz CT molecular complexity index is 330. The fourth-order valence-corrected chi connectivity index (χ4v) is 2.74. The van der Waals surface area contributed by atoms with Gasteiger partial charge in [-0.2, -0.15) is 0 Å². The molecule has 0 aromatic heterocycles. The van der Waals surface area contributed by atoms with E-state index in [1.807, 2.05) is 0 Å². The van der Waals surface area contributed by atoms with Gasteiger partial charge in [0.2, 0.25) is 0 Å². The van der Waals surface area contributed by atoms with Crippen LogP contribution in [0.2, 0.25) is 0 Å². The van der Waals surface area contributed by atoms with Crippen LogP contribution in [0.3, 0.4) is 0 Å². The second kappa shape index (κ2) is 6.91. The summed E-state index contributed by atoms with van der Waals surface area (Å²) in [6, 6.07) is 11.3. The highest BCUT2D eigenvalue weighted by Crippen LogP contribution is 2.20. The van der Waals surface area contributed by atoms with Gasteiger partial charge in [0.05, 0.1) is 0 Å². The van der Waals surface area contributed by atoms with Crippen LogP contribution in [0.1, 0.15) is 37.8 Å². The van der Waals surface area contributed by atoms with Crippen molar-refractivity contribution < 1.29 is 0 Å². The minimum atomic E-state index is 0.516. The molecule has 0 saturated carbocycles. The number of hydrogen-bond donors (Lipinski definition) is 1. The zero-order valence-corrected chi connectivity index (χ0v) is 11.7. The molecule has 2 atom stereocenters. The molecule has 2 rings (SSSR count). The van der Waals surface area contributed by atoms with Crippen LogP contribution in [0, 0.1) is 5.92 Å². The lowest BCUT2D eigenvalue weighted by atomic mass is 9.95. The molecular weight excluding hydrogens is 220 g/mol. The van der Waals surface area contributed by atoms with Gasteiger partial charge in [0.25, 0.3) is 0 Å². The molecule has 1 heterocycles. The zero-order chi connectivity index (χ0) is 12.8. The molecule has 0 spiro atoms. The standard InChI is InChI=1S/C16H26N2/c1-14(16-8-4-3-5-9-16)18(2)12-10-15-7-6-11-17-13-15/h3-5,8-9,14-15,17H,6-7,10-13H2,1-2H3. The van der Waals surface area contributed by atoms with Gasteiger partial charge >= 0.3 is 0 Å². The van der Waals surface area contributed by atoms with Gasteiger partial charge in [-0.1, -0.05) is 30.3 Å².